The summed E-state index contributed by atoms with van der Waals surface area (Å²) in [4.78, 5) is 32.3. The second kappa shape index (κ2) is 5.64. The van der Waals surface area contributed by atoms with E-state index in [0.717, 1.165) is 0 Å². The zero-order chi connectivity index (χ0) is 16.7. The standard InChI is InChI=1S/C15H12ClN5O3/c16-8-1-3-9(4-2-8)24-10-5-21(6-10)15(23)12-11-13(20-19-12)17-7-18-14(11)22/h1-4,7,10H,5-6H2,(H2,17,18,19,20,22). The largest absolute Gasteiger partial charge is 0.487 e. The van der Waals surface area contributed by atoms with E-state index >= 15 is 0 Å². The van der Waals surface area contributed by atoms with Gasteiger partial charge in [0.25, 0.3) is 11.5 Å². The van der Waals surface area contributed by atoms with E-state index in [4.69, 9.17) is 16.3 Å². The van der Waals surface area contributed by atoms with E-state index in [-0.39, 0.29) is 28.7 Å². The van der Waals surface area contributed by atoms with Crippen LogP contribution in [0.25, 0.3) is 11.0 Å². The van der Waals surface area contributed by atoms with Gasteiger partial charge in [0.15, 0.2) is 5.65 Å². The molecule has 2 N–H and O–H groups in total. The summed E-state index contributed by atoms with van der Waals surface area (Å²) in [6.45, 7) is 0.861. The number of hydrogen-bond acceptors (Lipinski definition) is 5. The van der Waals surface area contributed by atoms with E-state index in [2.05, 4.69) is 20.2 Å². The fourth-order valence-corrected chi connectivity index (χ4v) is 2.69. The molecule has 1 aliphatic heterocycles. The third-order valence-corrected chi connectivity index (χ3v) is 4.07. The number of aromatic nitrogens is 4. The molecular formula is C15H12ClN5O3. The number of rotatable bonds is 3. The number of H-pyrrole nitrogens is 2. The van der Waals surface area contributed by atoms with Gasteiger partial charge in [0.05, 0.1) is 19.4 Å². The molecule has 2 aromatic heterocycles. The molecule has 1 amide bonds. The monoisotopic (exact) mass is 345 g/mol. The normalized spacial score (nSPS) is 14.6. The molecule has 0 radical (unpaired) electrons. The molecule has 1 saturated heterocycles. The molecule has 9 heteroatoms. The van der Waals surface area contributed by atoms with Crippen molar-refractivity contribution >= 4 is 28.5 Å². The lowest BCUT2D eigenvalue weighted by Crippen LogP contribution is -2.56. The molecule has 24 heavy (non-hydrogen) atoms. The Kier molecular flexibility index (Phi) is 3.46. The van der Waals surface area contributed by atoms with Gasteiger partial charge in [-0.15, -0.1) is 0 Å². The highest BCUT2D eigenvalue weighted by atomic mass is 35.5. The average Bonchev–Trinajstić information content (AvgIpc) is 2.97. The third-order valence-electron chi connectivity index (χ3n) is 3.82. The van der Waals surface area contributed by atoms with E-state index in [1.54, 1.807) is 29.2 Å². The smallest absolute Gasteiger partial charge is 0.273 e. The molecule has 0 unspecified atom stereocenters. The predicted molar refractivity (Wildman–Crippen MR) is 86.3 cm³/mol. The lowest BCUT2D eigenvalue weighted by Gasteiger charge is -2.38. The Bertz CT molecular complexity index is 959. The molecule has 1 aromatic carbocycles. The Balaban J connectivity index is 1.45. The van der Waals surface area contributed by atoms with Gasteiger partial charge in [-0.1, -0.05) is 11.6 Å². The van der Waals surface area contributed by atoms with Gasteiger partial charge in [0.1, 0.15) is 22.9 Å². The SMILES string of the molecule is O=C(c1[nH]nc2nc[nH]c(=O)c12)N1CC(Oc2ccc(Cl)cc2)C1. The third kappa shape index (κ3) is 2.50. The van der Waals surface area contributed by atoms with E-state index < -0.39 is 5.56 Å². The fraction of sp³-hybridized carbons (Fsp3) is 0.200. The summed E-state index contributed by atoms with van der Waals surface area (Å²) < 4.78 is 5.76. The summed E-state index contributed by atoms with van der Waals surface area (Å²) in [5, 5.41) is 7.29. The van der Waals surface area contributed by atoms with Gasteiger partial charge in [-0.3, -0.25) is 14.7 Å². The maximum Gasteiger partial charge on any atom is 0.273 e. The maximum absolute atomic E-state index is 12.5. The predicted octanol–water partition coefficient (Wildman–Crippen LogP) is 1.20. The van der Waals surface area contributed by atoms with Crippen LogP contribution in [0.1, 0.15) is 10.5 Å². The minimum atomic E-state index is -0.397. The first-order valence-corrected chi connectivity index (χ1v) is 7.63. The van der Waals surface area contributed by atoms with Crippen LogP contribution in [0.4, 0.5) is 0 Å². The summed E-state index contributed by atoms with van der Waals surface area (Å²) in [5.74, 6) is 0.399. The Morgan fingerprint density at radius 2 is 2.04 bits per heavy atom. The summed E-state index contributed by atoms with van der Waals surface area (Å²) in [7, 11) is 0. The molecule has 1 aliphatic rings. The van der Waals surface area contributed by atoms with E-state index in [1.165, 1.54) is 6.33 Å². The van der Waals surface area contributed by atoms with Crippen molar-refractivity contribution in [3.05, 3.63) is 51.7 Å². The molecule has 0 bridgehead atoms. The van der Waals surface area contributed by atoms with Gasteiger partial charge in [-0.25, -0.2) is 4.98 Å². The summed E-state index contributed by atoms with van der Waals surface area (Å²) in [6.07, 6.45) is 1.15. The number of likely N-dealkylation sites (tertiary alicyclic amines) is 1. The highest BCUT2D eigenvalue weighted by Gasteiger charge is 2.34. The topological polar surface area (TPSA) is 104 Å². The number of hydrogen-bond donors (Lipinski definition) is 2. The van der Waals surface area contributed by atoms with E-state index in [1.807, 2.05) is 0 Å². The van der Waals surface area contributed by atoms with Crippen LogP contribution in [0.2, 0.25) is 5.02 Å². The highest BCUT2D eigenvalue weighted by molar-refractivity contribution is 6.30. The van der Waals surface area contributed by atoms with Crippen molar-refractivity contribution in [2.24, 2.45) is 0 Å². The van der Waals surface area contributed by atoms with Crippen LogP contribution in [-0.4, -0.2) is 50.2 Å². The molecule has 4 rings (SSSR count). The molecule has 8 nitrogen and oxygen atoms in total. The quantitative estimate of drug-likeness (QED) is 0.742. The second-order valence-electron chi connectivity index (χ2n) is 5.43. The van der Waals surface area contributed by atoms with Crippen LogP contribution in [0.3, 0.4) is 0 Å². The molecule has 0 spiro atoms. The van der Waals surface area contributed by atoms with Crippen molar-refractivity contribution in [1.82, 2.24) is 25.1 Å². The van der Waals surface area contributed by atoms with Crippen molar-refractivity contribution in [2.45, 2.75) is 6.10 Å². The lowest BCUT2D eigenvalue weighted by atomic mass is 10.1. The van der Waals surface area contributed by atoms with Crippen LogP contribution in [-0.2, 0) is 0 Å². The molecule has 3 aromatic rings. The van der Waals surface area contributed by atoms with Crippen LogP contribution in [0.15, 0.2) is 35.4 Å². The Labute approximate surface area is 140 Å². The highest BCUT2D eigenvalue weighted by Crippen LogP contribution is 2.22. The Morgan fingerprint density at radius 1 is 1.29 bits per heavy atom. The zero-order valence-corrected chi connectivity index (χ0v) is 13.1. The molecule has 0 saturated carbocycles. The number of nitrogens with one attached hydrogen (secondary N) is 2. The number of benzene rings is 1. The van der Waals surface area contributed by atoms with Gasteiger partial charge < -0.3 is 14.6 Å². The molecule has 3 heterocycles. The van der Waals surface area contributed by atoms with Crippen molar-refractivity contribution < 1.29 is 9.53 Å². The number of carbonyl (C=O) groups is 1. The van der Waals surface area contributed by atoms with Crippen LogP contribution in [0.5, 0.6) is 5.75 Å². The van der Waals surface area contributed by atoms with Crippen molar-refractivity contribution in [3.8, 4) is 5.75 Å². The molecular weight excluding hydrogens is 334 g/mol. The number of halogens is 1. The maximum atomic E-state index is 12.5. The molecule has 1 fully saturated rings. The number of ether oxygens (including phenoxy) is 1. The molecule has 122 valence electrons. The van der Waals surface area contributed by atoms with Crippen molar-refractivity contribution in [3.63, 3.8) is 0 Å². The van der Waals surface area contributed by atoms with Crippen LogP contribution >= 0.6 is 11.6 Å². The number of aromatic amines is 2. The average molecular weight is 346 g/mol. The summed E-state index contributed by atoms with van der Waals surface area (Å²) in [5.41, 5.74) is -0.0348. The van der Waals surface area contributed by atoms with Crippen molar-refractivity contribution in [1.29, 1.82) is 0 Å². The number of fused-ring (bicyclic) bond motifs is 1. The Morgan fingerprint density at radius 3 is 2.79 bits per heavy atom. The number of carbonyl (C=O) groups excluding carboxylic acids is 1. The lowest BCUT2D eigenvalue weighted by molar-refractivity contribution is 0.0175. The number of amides is 1. The summed E-state index contributed by atoms with van der Waals surface area (Å²) >= 11 is 5.83. The minimum absolute atomic E-state index is 0.0966. The van der Waals surface area contributed by atoms with Crippen LogP contribution < -0.4 is 10.3 Å². The van der Waals surface area contributed by atoms with E-state index in [9.17, 15) is 9.59 Å². The fourth-order valence-electron chi connectivity index (χ4n) is 2.56. The van der Waals surface area contributed by atoms with Gasteiger partial charge >= 0.3 is 0 Å². The zero-order valence-electron chi connectivity index (χ0n) is 12.3. The first-order valence-electron chi connectivity index (χ1n) is 7.25. The Hall–Kier alpha value is -2.87. The first kappa shape index (κ1) is 14.7. The second-order valence-corrected chi connectivity index (χ2v) is 5.87. The van der Waals surface area contributed by atoms with E-state index in [0.29, 0.717) is 23.9 Å². The number of nitrogens with zero attached hydrogens (tertiary/aromatic N) is 3. The van der Waals surface area contributed by atoms with Gasteiger partial charge in [-0.05, 0) is 24.3 Å². The van der Waals surface area contributed by atoms with Gasteiger partial charge in [-0.2, -0.15) is 5.10 Å². The minimum Gasteiger partial charge on any atom is -0.487 e. The first-order chi connectivity index (χ1) is 11.6. The van der Waals surface area contributed by atoms with Gasteiger partial charge in [0.2, 0.25) is 0 Å². The van der Waals surface area contributed by atoms with Crippen LogP contribution in [0, 0.1) is 0 Å². The molecule has 0 atom stereocenters. The van der Waals surface area contributed by atoms with Gasteiger partial charge in [0, 0.05) is 5.02 Å². The molecule has 0 aliphatic carbocycles. The van der Waals surface area contributed by atoms with Crippen molar-refractivity contribution in [2.75, 3.05) is 13.1 Å². The summed E-state index contributed by atoms with van der Waals surface area (Å²) in [6, 6.07) is 7.05.